The van der Waals surface area contributed by atoms with Crippen molar-refractivity contribution < 1.29 is 14.4 Å². The fraction of sp³-hybridized carbons (Fsp3) is 0.591. The minimum atomic E-state index is -1.15. The van der Waals surface area contributed by atoms with Crippen LogP contribution in [-0.2, 0) is 15.1 Å². The van der Waals surface area contributed by atoms with Crippen molar-refractivity contribution >= 4 is 30.3 Å². The Morgan fingerprint density at radius 3 is 2.40 bits per heavy atom. The van der Waals surface area contributed by atoms with Crippen molar-refractivity contribution in [1.29, 1.82) is 0 Å². The second kappa shape index (κ2) is 8.55. The summed E-state index contributed by atoms with van der Waals surface area (Å²) < 4.78 is 0. The van der Waals surface area contributed by atoms with E-state index in [1.807, 2.05) is 31.2 Å². The maximum absolute atomic E-state index is 13.0. The van der Waals surface area contributed by atoms with Gasteiger partial charge in [-0.25, -0.2) is 4.79 Å². The Morgan fingerprint density at radius 1 is 1.20 bits per heavy atom. The van der Waals surface area contributed by atoms with Crippen LogP contribution in [-0.4, -0.2) is 41.4 Å². The standard InChI is InChI=1S/C22H30N4O3.ClH/c1-13-6-8-16(9-7-13)22(2)20(28)26(21(29)25-22)12-18(27)24-19-14-4-3-5-15(19)11-17(23)10-14;/h6-9,14-15,17,19H,3-5,10-12,23H2,1-2H3,(H,24,27)(H,25,29);1H. The smallest absolute Gasteiger partial charge is 0.325 e. The molecule has 3 fully saturated rings. The Balaban J connectivity index is 0.00000256. The molecule has 2 bridgehead atoms. The average molecular weight is 435 g/mol. The number of hydrogen-bond acceptors (Lipinski definition) is 4. The van der Waals surface area contributed by atoms with Crippen molar-refractivity contribution in [2.24, 2.45) is 17.6 Å². The summed E-state index contributed by atoms with van der Waals surface area (Å²) in [6.07, 6.45) is 5.18. The highest BCUT2D eigenvalue weighted by Gasteiger charge is 2.50. The van der Waals surface area contributed by atoms with Crippen LogP contribution in [0.5, 0.6) is 0 Å². The molecule has 3 atom stereocenters. The molecule has 3 aliphatic rings. The van der Waals surface area contributed by atoms with Crippen LogP contribution in [0.3, 0.4) is 0 Å². The number of urea groups is 1. The molecule has 2 aliphatic carbocycles. The number of carbonyl (C=O) groups is 3. The molecule has 164 valence electrons. The molecule has 4 amide bonds. The van der Waals surface area contributed by atoms with E-state index in [0.29, 0.717) is 17.4 Å². The molecule has 3 unspecified atom stereocenters. The van der Waals surface area contributed by atoms with Gasteiger partial charge in [-0.2, -0.15) is 0 Å². The van der Waals surface area contributed by atoms with Crippen LogP contribution in [0.2, 0.25) is 0 Å². The molecule has 1 aromatic carbocycles. The van der Waals surface area contributed by atoms with E-state index >= 15 is 0 Å². The van der Waals surface area contributed by atoms with Gasteiger partial charge in [0.2, 0.25) is 5.91 Å². The highest BCUT2D eigenvalue weighted by Crippen LogP contribution is 2.39. The lowest BCUT2D eigenvalue weighted by Crippen LogP contribution is -2.55. The number of nitrogens with one attached hydrogen (secondary N) is 2. The van der Waals surface area contributed by atoms with Crippen LogP contribution in [0.4, 0.5) is 4.79 Å². The summed E-state index contributed by atoms with van der Waals surface area (Å²) in [5.41, 5.74) is 6.79. The Bertz CT molecular complexity index is 816. The molecule has 1 aromatic rings. The Hall–Kier alpha value is -2.12. The number of nitrogens with two attached hydrogens (primary N) is 1. The first kappa shape index (κ1) is 22.6. The van der Waals surface area contributed by atoms with Crippen LogP contribution >= 0.6 is 12.4 Å². The predicted octanol–water partition coefficient (Wildman–Crippen LogP) is 2.21. The van der Waals surface area contributed by atoms with E-state index in [0.717, 1.165) is 36.1 Å². The van der Waals surface area contributed by atoms with E-state index in [1.165, 1.54) is 6.42 Å². The van der Waals surface area contributed by atoms with Gasteiger partial charge in [0, 0.05) is 12.1 Å². The van der Waals surface area contributed by atoms with E-state index < -0.39 is 17.5 Å². The largest absolute Gasteiger partial charge is 0.351 e. The van der Waals surface area contributed by atoms with Crippen molar-refractivity contribution in [2.75, 3.05) is 6.54 Å². The first-order valence-corrected chi connectivity index (χ1v) is 10.5. The van der Waals surface area contributed by atoms with Crippen LogP contribution in [0.1, 0.15) is 50.2 Å². The number of imide groups is 1. The molecule has 0 aromatic heterocycles. The topological polar surface area (TPSA) is 105 Å². The fourth-order valence-corrected chi connectivity index (χ4v) is 5.32. The van der Waals surface area contributed by atoms with Gasteiger partial charge in [-0.3, -0.25) is 14.5 Å². The third-order valence-electron chi connectivity index (χ3n) is 6.91. The molecule has 4 rings (SSSR count). The Morgan fingerprint density at radius 2 is 1.80 bits per heavy atom. The summed E-state index contributed by atoms with van der Waals surface area (Å²) in [6, 6.07) is 7.26. The van der Waals surface area contributed by atoms with Gasteiger partial charge in [-0.15, -0.1) is 12.4 Å². The van der Waals surface area contributed by atoms with E-state index in [1.54, 1.807) is 6.92 Å². The van der Waals surface area contributed by atoms with E-state index in [9.17, 15) is 14.4 Å². The molecule has 30 heavy (non-hydrogen) atoms. The molecule has 1 heterocycles. The summed E-state index contributed by atoms with van der Waals surface area (Å²) in [7, 11) is 0. The molecular formula is C22H31ClN4O3. The SMILES string of the molecule is Cc1ccc(C2(C)NC(=O)N(CC(=O)NC3C4CCCC3CC(N)C4)C2=O)cc1.Cl. The average Bonchev–Trinajstić information content (AvgIpc) is 2.87. The number of fused-ring (bicyclic) bond motifs is 2. The zero-order valence-electron chi connectivity index (χ0n) is 17.5. The molecule has 1 aliphatic heterocycles. The van der Waals surface area contributed by atoms with Crippen molar-refractivity contribution in [1.82, 2.24) is 15.5 Å². The van der Waals surface area contributed by atoms with Gasteiger partial charge < -0.3 is 16.4 Å². The molecule has 8 heteroatoms. The molecule has 0 spiro atoms. The number of nitrogens with zero attached hydrogens (tertiary/aromatic N) is 1. The normalized spacial score (nSPS) is 33.0. The first-order chi connectivity index (χ1) is 13.8. The molecule has 1 saturated heterocycles. The summed E-state index contributed by atoms with van der Waals surface area (Å²) in [5, 5.41) is 5.88. The molecule has 2 saturated carbocycles. The lowest BCUT2D eigenvalue weighted by molar-refractivity contribution is -0.135. The minimum absolute atomic E-state index is 0. The van der Waals surface area contributed by atoms with Gasteiger partial charge in [0.05, 0.1) is 0 Å². The van der Waals surface area contributed by atoms with Gasteiger partial charge in [-0.05, 0) is 56.9 Å². The summed E-state index contributed by atoms with van der Waals surface area (Å²) in [4.78, 5) is 39.3. The summed E-state index contributed by atoms with van der Waals surface area (Å²) >= 11 is 0. The molecular weight excluding hydrogens is 404 g/mol. The summed E-state index contributed by atoms with van der Waals surface area (Å²) in [6.45, 7) is 3.39. The quantitative estimate of drug-likeness (QED) is 0.632. The van der Waals surface area contributed by atoms with Crippen molar-refractivity contribution in [3.8, 4) is 0 Å². The number of carbonyl (C=O) groups excluding carboxylic acids is 3. The third kappa shape index (κ3) is 4.05. The molecule has 4 N–H and O–H groups in total. The van der Waals surface area contributed by atoms with E-state index in [4.69, 9.17) is 5.73 Å². The second-order valence-corrected chi connectivity index (χ2v) is 9.09. The van der Waals surface area contributed by atoms with Gasteiger partial charge >= 0.3 is 6.03 Å². The van der Waals surface area contributed by atoms with Crippen molar-refractivity contribution in [2.45, 2.75) is 63.6 Å². The Labute approximate surface area is 183 Å². The van der Waals surface area contributed by atoms with Crippen LogP contribution in [0.25, 0.3) is 0 Å². The number of benzene rings is 1. The van der Waals surface area contributed by atoms with Gasteiger partial charge in [-0.1, -0.05) is 36.2 Å². The fourth-order valence-electron chi connectivity index (χ4n) is 5.32. The van der Waals surface area contributed by atoms with Crippen LogP contribution in [0, 0.1) is 18.8 Å². The van der Waals surface area contributed by atoms with E-state index in [-0.39, 0.29) is 36.9 Å². The summed E-state index contributed by atoms with van der Waals surface area (Å²) in [5.74, 6) is 0.108. The molecule has 7 nitrogen and oxygen atoms in total. The predicted molar refractivity (Wildman–Crippen MR) is 116 cm³/mol. The van der Waals surface area contributed by atoms with Gasteiger partial charge in [0.25, 0.3) is 5.91 Å². The number of aryl methyl sites for hydroxylation is 1. The lowest BCUT2D eigenvalue weighted by atomic mass is 9.67. The Kier molecular flexibility index (Phi) is 6.43. The zero-order chi connectivity index (χ0) is 20.8. The monoisotopic (exact) mass is 434 g/mol. The first-order valence-electron chi connectivity index (χ1n) is 10.5. The second-order valence-electron chi connectivity index (χ2n) is 9.09. The highest BCUT2D eigenvalue weighted by atomic mass is 35.5. The lowest BCUT2D eigenvalue weighted by Gasteiger charge is -2.45. The van der Waals surface area contributed by atoms with Crippen LogP contribution in [0.15, 0.2) is 24.3 Å². The van der Waals surface area contributed by atoms with Gasteiger partial charge in [0.15, 0.2) is 0 Å². The maximum Gasteiger partial charge on any atom is 0.325 e. The van der Waals surface area contributed by atoms with E-state index in [2.05, 4.69) is 10.6 Å². The minimum Gasteiger partial charge on any atom is -0.351 e. The zero-order valence-corrected chi connectivity index (χ0v) is 18.3. The third-order valence-corrected chi connectivity index (χ3v) is 6.91. The number of rotatable bonds is 4. The number of halogens is 1. The molecule has 0 radical (unpaired) electrons. The van der Waals surface area contributed by atoms with Crippen molar-refractivity contribution in [3.05, 3.63) is 35.4 Å². The highest BCUT2D eigenvalue weighted by molar-refractivity contribution is 6.09. The number of amides is 4. The maximum atomic E-state index is 13.0. The number of hydrogen-bond donors (Lipinski definition) is 3. The van der Waals surface area contributed by atoms with Crippen LogP contribution < -0.4 is 16.4 Å². The van der Waals surface area contributed by atoms with Gasteiger partial charge in [0.1, 0.15) is 12.1 Å². The van der Waals surface area contributed by atoms with Crippen molar-refractivity contribution in [3.63, 3.8) is 0 Å².